The number of alkyl halides is 2. The van der Waals surface area contributed by atoms with Crippen LogP contribution in [0.3, 0.4) is 0 Å². The molecule has 1 rings (SSSR count). The summed E-state index contributed by atoms with van der Waals surface area (Å²) in [6, 6.07) is 2.03. The molecular weight excluding hydrogens is 246 g/mol. The topological polar surface area (TPSA) is 99.5 Å². The van der Waals surface area contributed by atoms with E-state index in [2.05, 4.69) is 0 Å². The molecule has 1 aromatic rings. The summed E-state index contributed by atoms with van der Waals surface area (Å²) in [7, 11) is 1.22. The zero-order chi connectivity index (χ0) is 13.9. The Morgan fingerprint density at radius 1 is 1.56 bits per heavy atom. The molecule has 0 fully saturated rings. The fourth-order valence-corrected chi connectivity index (χ4v) is 1.41. The SMILES string of the molecule is COc1cc(C#N)cc([C@@H](N)C(F)(F)CO)c1O. The van der Waals surface area contributed by atoms with E-state index < -0.39 is 24.3 Å². The number of nitrogens with zero attached hydrogens (tertiary/aromatic N) is 1. The fraction of sp³-hybridized carbons (Fsp3) is 0.364. The first-order chi connectivity index (χ1) is 8.37. The molecule has 98 valence electrons. The summed E-state index contributed by atoms with van der Waals surface area (Å²) in [5.74, 6) is -4.32. The van der Waals surface area contributed by atoms with Crippen LogP contribution in [0.1, 0.15) is 17.2 Å². The Morgan fingerprint density at radius 3 is 2.61 bits per heavy atom. The molecule has 4 N–H and O–H groups in total. The van der Waals surface area contributed by atoms with Crippen LogP contribution >= 0.6 is 0 Å². The van der Waals surface area contributed by atoms with Gasteiger partial charge in [-0.25, -0.2) is 8.78 Å². The molecule has 0 bridgehead atoms. The lowest BCUT2D eigenvalue weighted by molar-refractivity contribution is -0.0716. The van der Waals surface area contributed by atoms with Crippen LogP contribution in [0.25, 0.3) is 0 Å². The van der Waals surface area contributed by atoms with Gasteiger partial charge < -0.3 is 20.7 Å². The number of aliphatic hydroxyl groups excluding tert-OH is 1. The van der Waals surface area contributed by atoms with Crippen molar-refractivity contribution < 1.29 is 23.7 Å². The minimum Gasteiger partial charge on any atom is -0.504 e. The van der Waals surface area contributed by atoms with Gasteiger partial charge in [-0.3, -0.25) is 0 Å². The highest BCUT2D eigenvalue weighted by molar-refractivity contribution is 5.53. The smallest absolute Gasteiger partial charge is 0.289 e. The summed E-state index contributed by atoms with van der Waals surface area (Å²) >= 11 is 0. The van der Waals surface area contributed by atoms with Crippen LogP contribution in [-0.2, 0) is 0 Å². The van der Waals surface area contributed by atoms with Gasteiger partial charge in [0, 0.05) is 11.6 Å². The van der Waals surface area contributed by atoms with Crippen LogP contribution < -0.4 is 10.5 Å². The molecule has 7 heteroatoms. The van der Waals surface area contributed by atoms with Gasteiger partial charge >= 0.3 is 0 Å². The third kappa shape index (κ3) is 2.50. The Labute approximate surface area is 102 Å². The van der Waals surface area contributed by atoms with Crippen molar-refractivity contribution in [2.45, 2.75) is 12.0 Å². The molecule has 0 aromatic heterocycles. The summed E-state index contributed by atoms with van der Waals surface area (Å²) < 4.78 is 31.3. The third-order valence-electron chi connectivity index (χ3n) is 2.45. The van der Waals surface area contributed by atoms with E-state index in [1.54, 1.807) is 6.07 Å². The Balaban J connectivity index is 3.36. The molecule has 0 saturated heterocycles. The molecule has 0 spiro atoms. The maximum absolute atomic E-state index is 13.3. The molecule has 0 heterocycles. The average molecular weight is 258 g/mol. The number of benzene rings is 1. The fourth-order valence-electron chi connectivity index (χ4n) is 1.41. The quantitative estimate of drug-likeness (QED) is 0.745. The molecule has 0 unspecified atom stereocenters. The number of phenolic OH excluding ortho intramolecular Hbond substituents is 1. The second-order valence-corrected chi connectivity index (χ2v) is 3.62. The van der Waals surface area contributed by atoms with Crippen LogP contribution in [-0.4, -0.2) is 29.9 Å². The number of nitrogens with two attached hydrogens (primary N) is 1. The highest BCUT2D eigenvalue weighted by Crippen LogP contribution is 2.39. The maximum atomic E-state index is 13.3. The molecule has 1 aromatic carbocycles. The molecule has 0 amide bonds. The predicted octanol–water partition coefficient (Wildman–Crippen LogP) is 0.900. The van der Waals surface area contributed by atoms with Crippen molar-refractivity contribution in [3.8, 4) is 17.6 Å². The van der Waals surface area contributed by atoms with Gasteiger partial charge in [-0.15, -0.1) is 0 Å². The van der Waals surface area contributed by atoms with Crippen LogP contribution in [0.5, 0.6) is 11.5 Å². The lowest BCUT2D eigenvalue weighted by Gasteiger charge is -2.23. The van der Waals surface area contributed by atoms with Crippen molar-refractivity contribution in [1.82, 2.24) is 0 Å². The number of hydrogen-bond acceptors (Lipinski definition) is 5. The largest absolute Gasteiger partial charge is 0.504 e. The Bertz CT molecular complexity index is 486. The molecule has 0 radical (unpaired) electrons. The second kappa shape index (κ2) is 5.16. The van der Waals surface area contributed by atoms with E-state index in [-0.39, 0.29) is 16.9 Å². The highest BCUT2D eigenvalue weighted by atomic mass is 19.3. The van der Waals surface area contributed by atoms with E-state index in [0.717, 1.165) is 6.07 Å². The standard InChI is InChI=1S/C11H12F2N2O3/c1-18-8-3-6(4-14)2-7(9(8)17)10(15)11(12,13)5-16/h2-3,10,16-17H,5,15H2,1H3/t10-/m1/s1. The van der Waals surface area contributed by atoms with Gasteiger partial charge in [-0.1, -0.05) is 0 Å². The van der Waals surface area contributed by atoms with E-state index in [1.165, 1.54) is 13.2 Å². The van der Waals surface area contributed by atoms with Crippen molar-refractivity contribution in [1.29, 1.82) is 5.26 Å². The average Bonchev–Trinajstić information content (AvgIpc) is 2.38. The monoisotopic (exact) mass is 258 g/mol. The van der Waals surface area contributed by atoms with Crippen LogP contribution in [0, 0.1) is 11.3 Å². The van der Waals surface area contributed by atoms with E-state index in [0.29, 0.717) is 0 Å². The number of ether oxygens (including phenoxy) is 1. The lowest BCUT2D eigenvalue weighted by Crippen LogP contribution is -2.36. The second-order valence-electron chi connectivity index (χ2n) is 3.62. The van der Waals surface area contributed by atoms with E-state index in [1.807, 2.05) is 0 Å². The number of aromatic hydroxyl groups is 1. The first kappa shape index (κ1) is 14.2. The molecule has 18 heavy (non-hydrogen) atoms. The number of methoxy groups -OCH3 is 1. The summed E-state index contributed by atoms with van der Waals surface area (Å²) in [6.07, 6.45) is 0. The first-order valence-corrected chi connectivity index (χ1v) is 4.92. The number of hydrogen-bond donors (Lipinski definition) is 3. The van der Waals surface area contributed by atoms with Gasteiger partial charge in [0.25, 0.3) is 5.92 Å². The molecule has 0 aliphatic rings. The molecule has 0 saturated carbocycles. The third-order valence-corrected chi connectivity index (χ3v) is 2.45. The number of aliphatic hydroxyl groups is 1. The Kier molecular flexibility index (Phi) is 4.06. The van der Waals surface area contributed by atoms with Gasteiger partial charge in [-0.05, 0) is 6.07 Å². The van der Waals surface area contributed by atoms with E-state index >= 15 is 0 Å². The summed E-state index contributed by atoms with van der Waals surface area (Å²) in [5.41, 5.74) is 4.96. The minimum atomic E-state index is -3.61. The highest BCUT2D eigenvalue weighted by Gasteiger charge is 2.39. The van der Waals surface area contributed by atoms with Crippen molar-refractivity contribution in [2.75, 3.05) is 13.7 Å². The van der Waals surface area contributed by atoms with Crippen molar-refractivity contribution in [3.63, 3.8) is 0 Å². The van der Waals surface area contributed by atoms with Crippen LogP contribution in [0.2, 0.25) is 0 Å². The number of nitriles is 1. The van der Waals surface area contributed by atoms with Crippen LogP contribution in [0.15, 0.2) is 12.1 Å². The zero-order valence-electron chi connectivity index (χ0n) is 9.52. The van der Waals surface area contributed by atoms with Crippen molar-refractivity contribution >= 4 is 0 Å². The molecule has 0 aliphatic heterocycles. The van der Waals surface area contributed by atoms with Crippen molar-refractivity contribution in [3.05, 3.63) is 23.3 Å². The minimum absolute atomic E-state index is 0.0174. The summed E-state index contributed by atoms with van der Waals surface area (Å²) in [6.45, 7) is -1.47. The summed E-state index contributed by atoms with van der Waals surface area (Å²) in [4.78, 5) is 0. The molecule has 5 nitrogen and oxygen atoms in total. The zero-order valence-corrected chi connectivity index (χ0v) is 9.52. The molecule has 0 aliphatic carbocycles. The summed E-state index contributed by atoms with van der Waals surface area (Å²) in [5, 5.41) is 27.0. The predicted molar refractivity (Wildman–Crippen MR) is 58.3 cm³/mol. The Hall–Kier alpha value is -1.91. The Morgan fingerprint density at radius 2 is 2.17 bits per heavy atom. The van der Waals surface area contributed by atoms with Crippen LogP contribution in [0.4, 0.5) is 8.78 Å². The van der Waals surface area contributed by atoms with Gasteiger partial charge in [0.05, 0.1) is 18.7 Å². The maximum Gasteiger partial charge on any atom is 0.289 e. The van der Waals surface area contributed by atoms with Gasteiger partial charge in [0.2, 0.25) is 0 Å². The first-order valence-electron chi connectivity index (χ1n) is 4.92. The number of rotatable bonds is 4. The van der Waals surface area contributed by atoms with Gasteiger partial charge in [-0.2, -0.15) is 5.26 Å². The number of halogens is 2. The molecular formula is C11H12F2N2O3. The van der Waals surface area contributed by atoms with Gasteiger partial charge in [0.1, 0.15) is 12.6 Å². The van der Waals surface area contributed by atoms with E-state index in [9.17, 15) is 13.9 Å². The molecule has 1 atom stereocenters. The normalized spacial score (nSPS) is 12.9. The number of phenols is 1. The van der Waals surface area contributed by atoms with Gasteiger partial charge in [0.15, 0.2) is 11.5 Å². The van der Waals surface area contributed by atoms with E-state index in [4.69, 9.17) is 20.8 Å². The lowest BCUT2D eigenvalue weighted by atomic mass is 9.98. The van der Waals surface area contributed by atoms with Crippen molar-refractivity contribution in [2.24, 2.45) is 5.73 Å².